The second kappa shape index (κ2) is 9.86. The highest BCUT2D eigenvalue weighted by Gasteiger charge is 2.46. The largest absolute Gasteiger partial charge is 0.549 e. The SMILES string of the molecule is CC(C)(C)[C@]1(C)CN(c2cccc(-c3ccccc3)c2-c2cccc(C(F)(F)F)c2)CCN1CC(=O)[O-]. The first-order chi connectivity index (χ1) is 17.3. The first-order valence-electron chi connectivity index (χ1n) is 12.4. The number of carbonyl (C=O) groups excluding carboxylic acids is 1. The van der Waals surface area contributed by atoms with Gasteiger partial charge in [-0.25, -0.2) is 0 Å². The molecule has 1 aliphatic heterocycles. The molecule has 0 amide bonds. The molecule has 1 atom stereocenters. The Morgan fingerprint density at radius 3 is 2.19 bits per heavy atom. The molecule has 3 aromatic rings. The van der Waals surface area contributed by atoms with Gasteiger partial charge < -0.3 is 14.8 Å². The van der Waals surface area contributed by atoms with Crippen LogP contribution in [0.25, 0.3) is 22.3 Å². The zero-order chi connectivity index (χ0) is 27.0. The zero-order valence-electron chi connectivity index (χ0n) is 21.6. The molecule has 4 nitrogen and oxygen atoms in total. The summed E-state index contributed by atoms with van der Waals surface area (Å²) >= 11 is 0. The Bertz CT molecular complexity index is 1270. The minimum atomic E-state index is -4.46. The molecule has 196 valence electrons. The molecule has 0 unspecified atom stereocenters. The lowest BCUT2D eigenvalue weighted by molar-refractivity contribution is -0.307. The van der Waals surface area contributed by atoms with E-state index in [1.807, 2.05) is 60.4 Å². The number of nitrogens with zero attached hydrogens (tertiary/aromatic N) is 2. The number of carboxylic acids is 1. The molecule has 4 rings (SSSR count). The van der Waals surface area contributed by atoms with Gasteiger partial charge in [-0.1, -0.05) is 75.4 Å². The highest BCUT2D eigenvalue weighted by Crippen LogP contribution is 2.45. The van der Waals surface area contributed by atoms with Crippen LogP contribution in [0, 0.1) is 5.41 Å². The van der Waals surface area contributed by atoms with Gasteiger partial charge in [-0.15, -0.1) is 0 Å². The molecule has 1 heterocycles. The van der Waals surface area contributed by atoms with Gasteiger partial charge in [-0.3, -0.25) is 4.90 Å². The van der Waals surface area contributed by atoms with Gasteiger partial charge in [0.1, 0.15) is 0 Å². The van der Waals surface area contributed by atoms with Gasteiger partial charge in [-0.05, 0) is 47.2 Å². The van der Waals surface area contributed by atoms with Crippen molar-refractivity contribution < 1.29 is 23.1 Å². The topological polar surface area (TPSA) is 46.6 Å². The highest BCUT2D eigenvalue weighted by atomic mass is 19.4. The lowest BCUT2D eigenvalue weighted by Crippen LogP contribution is -2.67. The molecule has 0 spiro atoms. The zero-order valence-corrected chi connectivity index (χ0v) is 21.6. The maximum Gasteiger partial charge on any atom is 0.416 e. The number of anilines is 1. The molecular formula is C30H32F3N2O2-. The van der Waals surface area contributed by atoms with Gasteiger partial charge in [0, 0.05) is 43.0 Å². The van der Waals surface area contributed by atoms with E-state index in [-0.39, 0.29) is 12.0 Å². The molecule has 3 aromatic carbocycles. The fraction of sp³-hybridized carbons (Fsp3) is 0.367. The Morgan fingerprint density at radius 1 is 0.919 bits per heavy atom. The summed E-state index contributed by atoms with van der Waals surface area (Å²) in [7, 11) is 0. The lowest BCUT2D eigenvalue weighted by Gasteiger charge is -2.56. The summed E-state index contributed by atoms with van der Waals surface area (Å²) in [4.78, 5) is 15.7. The molecule has 0 radical (unpaired) electrons. The highest BCUT2D eigenvalue weighted by molar-refractivity contribution is 5.92. The maximum absolute atomic E-state index is 13.7. The van der Waals surface area contributed by atoms with Crippen molar-refractivity contribution in [2.24, 2.45) is 5.41 Å². The third-order valence-electron chi connectivity index (χ3n) is 7.72. The standard InChI is InChI=1S/C30H33F3N2O2/c1-28(2,3)29(4)20-34(16-17-35(29)19-26(36)37)25-15-9-14-24(21-10-6-5-7-11-21)27(25)22-12-8-13-23(18-22)30(31,32)33/h5-15,18H,16-17,19-20H2,1-4H3,(H,36,37)/p-1/t29-/m0/s1. The monoisotopic (exact) mass is 509 g/mol. The molecule has 0 aliphatic carbocycles. The quantitative estimate of drug-likeness (QED) is 0.442. The average Bonchev–Trinajstić information content (AvgIpc) is 2.84. The molecule has 0 saturated carbocycles. The number of aliphatic carboxylic acids is 1. The van der Waals surface area contributed by atoms with E-state index in [2.05, 4.69) is 25.7 Å². The van der Waals surface area contributed by atoms with Crippen molar-refractivity contribution in [3.05, 3.63) is 78.4 Å². The molecule has 37 heavy (non-hydrogen) atoms. The van der Waals surface area contributed by atoms with Crippen LogP contribution >= 0.6 is 0 Å². The summed E-state index contributed by atoms with van der Waals surface area (Å²) in [6.07, 6.45) is -4.46. The van der Waals surface area contributed by atoms with Crippen molar-refractivity contribution >= 4 is 11.7 Å². The number of benzene rings is 3. The molecule has 1 aliphatic rings. The summed E-state index contributed by atoms with van der Waals surface area (Å²) < 4.78 is 41.0. The Hall–Kier alpha value is -3.32. The molecule has 0 aromatic heterocycles. The third kappa shape index (κ3) is 5.37. The molecule has 7 heteroatoms. The predicted octanol–water partition coefficient (Wildman–Crippen LogP) is 5.72. The number of piperazine rings is 1. The minimum absolute atomic E-state index is 0.174. The molecular weight excluding hydrogens is 477 g/mol. The average molecular weight is 510 g/mol. The van der Waals surface area contributed by atoms with Crippen molar-refractivity contribution in [1.29, 1.82) is 0 Å². The van der Waals surface area contributed by atoms with Crippen molar-refractivity contribution in [2.75, 3.05) is 31.1 Å². The van der Waals surface area contributed by atoms with E-state index in [9.17, 15) is 23.1 Å². The number of alkyl halides is 3. The smallest absolute Gasteiger partial charge is 0.416 e. The van der Waals surface area contributed by atoms with Crippen molar-refractivity contribution in [1.82, 2.24) is 4.90 Å². The summed E-state index contributed by atoms with van der Waals surface area (Å²) in [6.45, 7) is 9.63. The van der Waals surface area contributed by atoms with Gasteiger partial charge in [0.15, 0.2) is 0 Å². The Labute approximate surface area is 216 Å². The van der Waals surface area contributed by atoms with Crippen LogP contribution in [0.15, 0.2) is 72.8 Å². The van der Waals surface area contributed by atoms with Crippen LogP contribution in [0.4, 0.5) is 18.9 Å². The van der Waals surface area contributed by atoms with Crippen LogP contribution in [0.1, 0.15) is 33.3 Å². The normalized spacial score (nSPS) is 19.2. The predicted molar refractivity (Wildman–Crippen MR) is 139 cm³/mol. The van der Waals surface area contributed by atoms with Gasteiger partial charge in [-0.2, -0.15) is 13.2 Å². The number of carboxylic acid groups (broad SMARTS) is 1. The lowest BCUT2D eigenvalue weighted by atomic mass is 9.72. The number of rotatable bonds is 5. The van der Waals surface area contributed by atoms with E-state index in [1.165, 1.54) is 12.1 Å². The Balaban J connectivity index is 1.89. The maximum atomic E-state index is 13.7. The number of halogens is 3. The minimum Gasteiger partial charge on any atom is -0.549 e. The van der Waals surface area contributed by atoms with E-state index < -0.39 is 23.2 Å². The van der Waals surface area contributed by atoms with Gasteiger partial charge in [0.05, 0.1) is 11.5 Å². The second-order valence-corrected chi connectivity index (χ2v) is 10.9. The van der Waals surface area contributed by atoms with Gasteiger partial charge in [0.25, 0.3) is 0 Å². The van der Waals surface area contributed by atoms with Crippen LogP contribution in [-0.4, -0.2) is 42.6 Å². The summed E-state index contributed by atoms with van der Waals surface area (Å²) in [5, 5.41) is 11.5. The fourth-order valence-electron chi connectivity index (χ4n) is 5.18. The van der Waals surface area contributed by atoms with Crippen LogP contribution in [0.2, 0.25) is 0 Å². The van der Waals surface area contributed by atoms with E-state index in [1.54, 1.807) is 6.07 Å². The Morgan fingerprint density at radius 2 is 1.57 bits per heavy atom. The van der Waals surface area contributed by atoms with E-state index in [0.717, 1.165) is 28.4 Å². The van der Waals surface area contributed by atoms with Crippen molar-refractivity contribution in [3.63, 3.8) is 0 Å². The number of hydrogen-bond donors (Lipinski definition) is 0. The third-order valence-corrected chi connectivity index (χ3v) is 7.72. The van der Waals surface area contributed by atoms with Crippen molar-refractivity contribution in [3.8, 4) is 22.3 Å². The number of carbonyl (C=O) groups is 1. The van der Waals surface area contributed by atoms with E-state index >= 15 is 0 Å². The van der Waals surface area contributed by atoms with E-state index in [4.69, 9.17) is 0 Å². The van der Waals surface area contributed by atoms with Crippen molar-refractivity contribution in [2.45, 2.75) is 39.4 Å². The second-order valence-electron chi connectivity index (χ2n) is 10.9. The Kier molecular flexibility index (Phi) is 7.12. The van der Waals surface area contributed by atoms with E-state index in [0.29, 0.717) is 25.2 Å². The van der Waals surface area contributed by atoms with Crippen LogP contribution in [-0.2, 0) is 11.0 Å². The summed E-state index contributed by atoms with van der Waals surface area (Å²) in [5.74, 6) is -1.13. The molecule has 1 fully saturated rings. The number of hydrogen-bond acceptors (Lipinski definition) is 4. The molecule has 1 saturated heterocycles. The van der Waals surface area contributed by atoms with Gasteiger partial charge >= 0.3 is 6.18 Å². The molecule has 0 N–H and O–H groups in total. The fourth-order valence-corrected chi connectivity index (χ4v) is 5.18. The van der Waals surface area contributed by atoms with Crippen LogP contribution < -0.4 is 10.0 Å². The molecule has 0 bridgehead atoms. The first-order valence-corrected chi connectivity index (χ1v) is 12.4. The van der Waals surface area contributed by atoms with Gasteiger partial charge in [0.2, 0.25) is 0 Å². The summed E-state index contributed by atoms with van der Waals surface area (Å²) in [6, 6.07) is 20.9. The van der Waals surface area contributed by atoms with Crippen LogP contribution in [0.5, 0.6) is 0 Å². The van der Waals surface area contributed by atoms with Crippen LogP contribution in [0.3, 0.4) is 0 Å². The first kappa shape index (κ1) is 26.7. The summed E-state index contributed by atoms with van der Waals surface area (Å²) in [5.41, 5.74) is 2.27.